The van der Waals surface area contributed by atoms with E-state index in [1.165, 1.54) is 16.9 Å². The lowest BCUT2D eigenvalue weighted by atomic mass is 10.3. The monoisotopic (exact) mass is 288 g/mol. The minimum Gasteiger partial charge on any atom is -0.390 e. The molecule has 1 aromatic carbocycles. The first-order valence-electron chi connectivity index (χ1n) is 4.42. The third-order valence-corrected chi connectivity index (χ3v) is 2.71. The normalized spacial score (nSPS) is 10.8. The summed E-state index contributed by atoms with van der Waals surface area (Å²) in [5.74, 6) is -1.35. The van der Waals surface area contributed by atoms with Gasteiger partial charge in [0.2, 0.25) is 0 Å². The molecule has 3 nitrogen and oxygen atoms in total. The molecule has 1 N–H and O–H groups in total. The molecule has 0 spiro atoms. The van der Waals surface area contributed by atoms with Gasteiger partial charge in [-0.3, -0.25) is 0 Å². The van der Waals surface area contributed by atoms with E-state index in [2.05, 4.69) is 21.0 Å². The highest BCUT2D eigenvalue weighted by Gasteiger charge is 2.10. The van der Waals surface area contributed by atoms with Crippen LogP contribution in [0.3, 0.4) is 0 Å². The number of aromatic nitrogens is 2. The molecule has 0 radical (unpaired) electrons. The minimum atomic E-state index is -0.709. The van der Waals surface area contributed by atoms with Crippen molar-refractivity contribution in [3.05, 3.63) is 46.2 Å². The van der Waals surface area contributed by atoms with E-state index in [0.717, 1.165) is 12.1 Å². The summed E-state index contributed by atoms with van der Waals surface area (Å²) in [5.41, 5.74) is 0.519. The summed E-state index contributed by atoms with van der Waals surface area (Å²) < 4.78 is 27.9. The molecule has 84 valence electrons. The molecule has 0 saturated carbocycles. The Morgan fingerprint density at radius 1 is 1.38 bits per heavy atom. The minimum absolute atomic E-state index is 0.127. The zero-order chi connectivity index (χ0) is 11.7. The summed E-state index contributed by atoms with van der Waals surface area (Å²) in [6, 6.07) is 3.21. The topological polar surface area (TPSA) is 38.1 Å². The van der Waals surface area contributed by atoms with Crippen molar-refractivity contribution in [3.8, 4) is 5.69 Å². The van der Waals surface area contributed by atoms with Crippen LogP contribution in [0.25, 0.3) is 5.69 Å². The predicted octanol–water partition coefficient (Wildman–Crippen LogP) is 2.41. The van der Waals surface area contributed by atoms with Crippen molar-refractivity contribution in [1.82, 2.24) is 9.78 Å². The Labute approximate surface area is 98.5 Å². The summed E-state index contributed by atoms with van der Waals surface area (Å²) in [4.78, 5) is 0. The Hall–Kier alpha value is -1.27. The fraction of sp³-hybridized carbons (Fsp3) is 0.100. The fourth-order valence-electron chi connectivity index (χ4n) is 1.29. The van der Waals surface area contributed by atoms with Gasteiger partial charge >= 0.3 is 0 Å². The molecule has 0 amide bonds. The van der Waals surface area contributed by atoms with Crippen LogP contribution in [0.2, 0.25) is 0 Å². The van der Waals surface area contributed by atoms with Gasteiger partial charge in [0.05, 0.1) is 11.1 Å². The zero-order valence-electron chi connectivity index (χ0n) is 7.99. The number of halogens is 3. The van der Waals surface area contributed by atoms with E-state index in [0.29, 0.717) is 10.2 Å². The van der Waals surface area contributed by atoms with E-state index in [1.807, 2.05) is 0 Å². The van der Waals surface area contributed by atoms with E-state index in [4.69, 9.17) is 5.11 Å². The van der Waals surface area contributed by atoms with Crippen LogP contribution >= 0.6 is 15.9 Å². The second kappa shape index (κ2) is 4.31. The highest BCUT2D eigenvalue weighted by molar-refractivity contribution is 9.10. The number of hydrogen-bond donors (Lipinski definition) is 1. The molecule has 16 heavy (non-hydrogen) atoms. The lowest BCUT2D eigenvalue weighted by molar-refractivity contribution is 0.275. The van der Waals surface area contributed by atoms with E-state index < -0.39 is 11.6 Å². The summed E-state index contributed by atoms with van der Waals surface area (Å²) in [7, 11) is 0. The van der Waals surface area contributed by atoms with Crippen molar-refractivity contribution in [2.24, 2.45) is 0 Å². The van der Waals surface area contributed by atoms with Gasteiger partial charge in [0.25, 0.3) is 0 Å². The first kappa shape index (κ1) is 11.2. The van der Waals surface area contributed by atoms with Crippen molar-refractivity contribution < 1.29 is 13.9 Å². The van der Waals surface area contributed by atoms with Crippen molar-refractivity contribution >= 4 is 15.9 Å². The molecule has 0 atom stereocenters. The Balaban J connectivity index is 2.50. The molecule has 0 aliphatic rings. The summed E-state index contributed by atoms with van der Waals surface area (Å²) >= 11 is 3.17. The maximum Gasteiger partial charge on any atom is 0.151 e. The molecule has 0 fully saturated rings. The highest BCUT2D eigenvalue weighted by Crippen LogP contribution is 2.20. The number of aliphatic hydroxyl groups excluding tert-OH is 1. The summed E-state index contributed by atoms with van der Waals surface area (Å²) in [6.07, 6.45) is 1.50. The van der Waals surface area contributed by atoms with Crippen LogP contribution in [0.5, 0.6) is 0 Å². The lowest BCUT2D eigenvalue weighted by Crippen LogP contribution is -1.99. The van der Waals surface area contributed by atoms with Crippen LogP contribution in [0.4, 0.5) is 8.78 Å². The van der Waals surface area contributed by atoms with Gasteiger partial charge < -0.3 is 5.11 Å². The second-order valence-electron chi connectivity index (χ2n) is 3.12. The van der Waals surface area contributed by atoms with Gasteiger partial charge in [0, 0.05) is 12.3 Å². The average Bonchev–Trinajstić information content (AvgIpc) is 2.59. The Kier molecular flexibility index (Phi) is 3.02. The zero-order valence-corrected chi connectivity index (χ0v) is 9.58. The molecule has 0 saturated heterocycles. The molecule has 1 heterocycles. The number of hydrogen-bond acceptors (Lipinski definition) is 2. The van der Waals surface area contributed by atoms with Gasteiger partial charge in [0.1, 0.15) is 17.2 Å². The van der Waals surface area contributed by atoms with E-state index in [9.17, 15) is 8.78 Å². The van der Waals surface area contributed by atoms with Gasteiger partial charge in [0.15, 0.2) is 5.82 Å². The van der Waals surface area contributed by atoms with Crippen molar-refractivity contribution in [2.45, 2.75) is 6.61 Å². The van der Waals surface area contributed by atoms with Gasteiger partial charge in [-0.2, -0.15) is 5.10 Å². The molecular formula is C10H7BrF2N2O. The van der Waals surface area contributed by atoms with Crippen LogP contribution in [-0.2, 0) is 6.61 Å². The first-order chi connectivity index (χ1) is 7.61. The van der Waals surface area contributed by atoms with Crippen molar-refractivity contribution in [3.63, 3.8) is 0 Å². The Morgan fingerprint density at radius 3 is 2.69 bits per heavy atom. The lowest BCUT2D eigenvalue weighted by Gasteiger charge is -2.02. The number of rotatable bonds is 2. The van der Waals surface area contributed by atoms with Gasteiger partial charge in [-0.05, 0) is 28.1 Å². The SMILES string of the molecule is OCc1nn(-c2ccc(F)cc2F)cc1Br. The smallest absolute Gasteiger partial charge is 0.151 e. The molecule has 2 aromatic rings. The maximum atomic E-state index is 13.4. The van der Waals surface area contributed by atoms with Crippen molar-refractivity contribution in [2.75, 3.05) is 0 Å². The Morgan fingerprint density at radius 2 is 2.12 bits per heavy atom. The van der Waals surface area contributed by atoms with Gasteiger partial charge in [-0.25, -0.2) is 13.5 Å². The van der Waals surface area contributed by atoms with Gasteiger partial charge in [-0.1, -0.05) is 0 Å². The number of nitrogens with zero attached hydrogens (tertiary/aromatic N) is 2. The quantitative estimate of drug-likeness (QED) is 0.922. The molecule has 0 bridgehead atoms. The molecule has 0 aliphatic carbocycles. The summed E-state index contributed by atoms with van der Waals surface area (Å²) in [6.45, 7) is -0.254. The van der Waals surface area contributed by atoms with Crippen LogP contribution in [0, 0.1) is 11.6 Å². The van der Waals surface area contributed by atoms with E-state index >= 15 is 0 Å². The molecule has 6 heteroatoms. The molecule has 1 aromatic heterocycles. The molecule has 0 aliphatic heterocycles. The number of aliphatic hydroxyl groups is 1. The molecule has 2 rings (SSSR count). The maximum absolute atomic E-state index is 13.4. The van der Waals surface area contributed by atoms with E-state index in [1.54, 1.807) is 0 Å². The fourth-order valence-corrected chi connectivity index (χ4v) is 1.68. The third kappa shape index (κ3) is 1.98. The predicted molar refractivity (Wildman–Crippen MR) is 57.1 cm³/mol. The molecule has 0 unspecified atom stereocenters. The standard InChI is InChI=1S/C10H7BrF2N2O/c11-7-4-15(14-9(7)5-16)10-2-1-6(12)3-8(10)13/h1-4,16H,5H2. The average molecular weight is 289 g/mol. The van der Waals surface area contributed by atoms with Crippen LogP contribution < -0.4 is 0 Å². The van der Waals surface area contributed by atoms with Crippen LogP contribution in [0.1, 0.15) is 5.69 Å². The Bertz CT molecular complexity index is 528. The van der Waals surface area contributed by atoms with Crippen LogP contribution in [0.15, 0.2) is 28.9 Å². The molecular weight excluding hydrogens is 282 g/mol. The van der Waals surface area contributed by atoms with Crippen molar-refractivity contribution in [1.29, 1.82) is 0 Å². The largest absolute Gasteiger partial charge is 0.390 e. The highest BCUT2D eigenvalue weighted by atomic mass is 79.9. The van der Waals surface area contributed by atoms with E-state index in [-0.39, 0.29) is 12.3 Å². The number of benzene rings is 1. The second-order valence-corrected chi connectivity index (χ2v) is 3.98. The van der Waals surface area contributed by atoms with Crippen LogP contribution in [-0.4, -0.2) is 14.9 Å². The van der Waals surface area contributed by atoms with Gasteiger partial charge in [-0.15, -0.1) is 0 Å². The third-order valence-electron chi connectivity index (χ3n) is 2.05. The summed E-state index contributed by atoms with van der Waals surface area (Å²) in [5, 5.41) is 12.9. The first-order valence-corrected chi connectivity index (χ1v) is 5.21.